The number of nitrogens with one attached hydrogen (secondary N) is 1. The maximum absolute atomic E-state index is 11.6. The zero-order valence-corrected chi connectivity index (χ0v) is 9.63. The summed E-state index contributed by atoms with van der Waals surface area (Å²) in [5.74, 6) is 0.434. The van der Waals surface area contributed by atoms with Crippen LogP contribution in [0.4, 0.5) is 5.82 Å². The Hall–Kier alpha value is -2.49. The highest BCUT2D eigenvalue weighted by molar-refractivity contribution is 6.18. The van der Waals surface area contributed by atoms with Crippen LogP contribution in [0.3, 0.4) is 0 Å². The minimum absolute atomic E-state index is 0.126. The maximum Gasteiger partial charge on any atom is 0.247 e. The van der Waals surface area contributed by atoms with Crippen molar-refractivity contribution in [2.24, 2.45) is 4.99 Å². The smallest absolute Gasteiger partial charge is 0.247 e. The average molecular weight is 237 g/mol. The van der Waals surface area contributed by atoms with Crippen molar-refractivity contribution in [2.45, 2.75) is 0 Å². The van der Waals surface area contributed by atoms with Gasteiger partial charge in [0.05, 0.1) is 5.71 Å². The number of carbonyl (C=O) groups excluding carboxylic acids is 1. The van der Waals surface area contributed by atoms with Gasteiger partial charge in [-0.3, -0.25) is 9.79 Å². The molecule has 3 rings (SSSR count). The zero-order valence-electron chi connectivity index (χ0n) is 9.63. The molecule has 0 bridgehead atoms. The number of rotatable bonds is 1. The highest BCUT2D eigenvalue weighted by atomic mass is 16.1. The van der Waals surface area contributed by atoms with Crippen molar-refractivity contribution in [1.82, 2.24) is 4.98 Å². The van der Waals surface area contributed by atoms with E-state index in [4.69, 9.17) is 0 Å². The second kappa shape index (κ2) is 4.41. The van der Waals surface area contributed by atoms with Gasteiger partial charge in [-0.25, -0.2) is 4.98 Å². The third-order valence-corrected chi connectivity index (χ3v) is 2.75. The van der Waals surface area contributed by atoms with Crippen LogP contribution in [0.25, 0.3) is 0 Å². The Balaban J connectivity index is 2.17. The zero-order chi connectivity index (χ0) is 12.4. The number of benzene rings is 1. The summed E-state index contributed by atoms with van der Waals surface area (Å²) in [4.78, 5) is 20.1. The number of anilines is 1. The first kappa shape index (κ1) is 10.7. The number of nitrogens with zero attached hydrogens (tertiary/aromatic N) is 2. The van der Waals surface area contributed by atoms with Crippen molar-refractivity contribution in [3.05, 3.63) is 59.8 Å². The van der Waals surface area contributed by atoms with E-state index in [9.17, 15) is 4.79 Å². The molecule has 2 heterocycles. The van der Waals surface area contributed by atoms with Gasteiger partial charge < -0.3 is 5.32 Å². The third-order valence-electron chi connectivity index (χ3n) is 2.75. The first-order valence-electron chi connectivity index (χ1n) is 5.70. The molecule has 0 aliphatic carbocycles. The molecule has 0 radical (unpaired) electrons. The van der Waals surface area contributed by atoms with E-state index in [0.717, 1.165) is 16.8 Å². The van der Waals surface area contributed by atoms with Crippen molar-refractivity contribution in [1.29, 1.82) is 0 Å². The van der Waals surface area contributed by atoms with E-state index < -0.39 is 0 Å². The summed E-state index contributed by atoms with van der Waals surface area (Å²) < 4.78 is 0. The van der Waals surface area contributed by atoms with E-state index in [0.29, 0.717) is 5.82 Å². The Morgan fingerprint density at radius 1 is 1.06 bits per heavy atom. The molecule has 0 saturated heterocycles. The fraction of sp³-hybridized carbons (Fsp3) is 0.0714. The first-order chi connectivity index (χ1) is 8.84. The number of hydrogen-bond acceptors (Lipinski definition) is 3. The summed E-state index contributed by atoms with van der Waals surface area (Å²) in [6.45, 7) is 0.126. The lowest BCUT2D eigenvalue weighted by Crippen LogP contribution is -2.14. The molecule has 1 aliphatic heterocycles. The van der Waals surface area contributed by atoms with E-state index >= 15 is 0 Å². The molecule has 0 spiro atoms. The van der Waals surface area contributed by atoms with Gasteiger partial charge in [-0.05, 0) is 12.1 Å². The Labute approximate surface area is 104 Å². The molecule has 2 aromatic rings. The van der Waals surface area contributed by atoms with Gasteiger partial charge in [0, 0.05) is 17.3 Å². The molecule has 4 nitrogen and oxygen atoms in total. The molecule has 1 aromatic heterocycles. The Morgan fingerprint density at radius 3 is 2.72 bits per heavy atom. The van der Waals surface area contributed by atoms with Crippen LogP contribution in [0.5, 0.6) is 0 Å². The molecule has 88 valence electrons. The van der Waals surface area contributed by atoms with Gasteiger partial charge >= 0.3 is 0 Å². The molecule has 0 saturated carbocycles. The number of pyridine rings is 1. The molecule has 0 unspecified atom stereocenters. The summed E-state index contributed by atoms with van der Waals surface area (Å²) in [7, 11) is 0. The van der Waals surface area contributed by atoms with Gasteiger partial charge in [0.25, 0.3) is 0 Å². The minimum Gasteiger partial charge on any atom is -0.309 e. The monoisotopic (exact) mass is 237 g/mol. The Bertz CT molecular complexity index is 620. The highest BCUT2D eigenvalue weighted by Gasteiger charge is 2.17. The topological polar surface area (TPSA) is 54.4 Å². The van der Waals surface area contributed by atoms with Crippen molar-refractivity contribution in [3.8, 4) is 0 Å². The summed E-state index contributed by atoms with van der Waals surface area (Å²) >= 11 is 0. The molecule has 4 heteroatoms. The van der Waals surface area contributed by atoms with Crippen molar-refractivity contribution >= 4 is 17.4 Å². The predicted molar refractivity (Wildman–Crippen MR) is 69.8 cm³/mol. The van der Waals surface area contributed by atoms with Crippen molar-refractivity contribution in [3.63, 3.8) is 0 Å². The normalized spacial score (nSPS) is 14.2. The summed E-state index contributed by atoms with van der Waals surface area (Å²) in [6.07, 6.45) is 1.66. The number of amides is 1. The van der Waals surface area contributed by atoms with Gasteiger partial charge in [0.15, 0.2) is 0 Å². The molecule has 1 amide bonds. The van der Waals surface area contributed by atoms with E-state index in [2.05, 4.69) is 15.3 Å². The lowest BCUT2D eigenvalue weighted by atomic mass is 10.0. The van der Waals surface area contributed by atoms with Crippen molar-refractivity contribution in [2.75, 3.05) is 11.9 Å². The number of aliphatic imine (C=N–C) groups is 1. The number of fused-ring (bicyclic) bond motifs is 1. The lowest BCUT2D eigenvalue weighted by molar-refractivity contribution is -0.114. The fourth-order valence-corrected chi connectivity index (χ4v) is 1.95. The molecule has 0 atom stereocenters. The minimum atomic E-state index is -0.138. The van der Waals surface area contributed by atoms with Gasteiger partial charge in [-0.2, -0.15) is 0 Å². The first-order valence-corrected chi connectivity index (χ1v) is 5.70. The molecule has 18 heavy (non-hydrogen) atoms. The summed E-state index contributed by atoms with van der Waals surface area (Å²) in [5.41, 5.74) is 2.65. The summed E-state index contributed by atoms with van der Waals surface area (Å²) in [5, 5.41) is 2.76. The fourth-order valence-electron chi connectivity index (χ4n) is 1.95. The maximum atomic E-state index is 11.6. The predicted octanol–water partition coefficient (Wildman–Crippen LogP) is 1.87. The van der Waals surface area contributed by atoms with Crippen LogP contribution >= 0.6 is 0 Å². The van der Waals surface area contributed by atoms with Crippen LogP contribution < -0.4 is 5.32 Å². The SMILES string of the molecule is O=C1CN=C(c2ccccc2)c2cccnc2N1. The van der Waals surface area contributed by atoms with E-state index in [1.165, 1.54) is 0 Å². The number of aromatic nitrogens is 1. The average Bonchev–Trinajstić information content (AvgIpc) is 2.58. The van der Waals surface area contributed by atoms with Crippen molar-refractivity contribution < 1.29 is 4.79 Å². The highest BCUT2D eigenvalue weighted by Crippen LogP contribution is 2.19. The molecular weight excluding hydrogens is 226 g/mol. The number of hydrogen-bond donors (Lipinski definition) is 1. The van der Waals surface area contributed by atoms with Crippen LogP contribution in [0.15, 0.2) is 53.7 Å². The van der Waals surface area contributed by atoms with Crippen LogP contribution in [0, 0.1) is 0 Å². The van der Waals surface area contributed by atoms with E-state index in [-0.39, 0.29) is 12.5 Å². The molecular formula is C14H11N3O. The van der Waals surface area contributed by atoms with Crippen LogP contribution in [0.1, 0.15) is 11.1 Å². The second-order valence-electron chi connectivity index (χ2n) is 3.98. The van der Waals surface area contributed by atoms with Gasteiger partial charge in [-0.15, -0.1) is 0 Å². The van der Waals surface area contributed by atoms with Crippen LogP contribution in [-0.2, 0) is 4.79 Å². The van der Waals surface area contributed by atoms with Gasteiger partial charge in [0.2, 0.25) is 5.91 Å². The Morgan fingerprint density at radius 2 is 1.89 bits per heavy atom. The van der Waals surface area contributed by atoms with E-state index in [1.807, 2.05) is 42.5 Å². The molecule has 1 aromatic carbocycles. The number of carbonyl (C=O) groups is 1. The molecule has 0 fully saturated rings. The summed E-state index contributed by atoms with van der Waals surface area (Å²) in [6, 6.07) is 13.6. The molecule has 1 aliphatic rings. The molecule has 1 N–H and O–H groups in total. The standard InChI is InChI=1S/C14H11N3O/c18-12-9-16-13(10-5-2-1-3-6-10)11-7-4-8-15-14(11)17-12/h1-8H,9H2,(H,15,17,18). The van der Waals surface area contributed by atoms with Gasteiger partial charge in [0.1, 0.15) is 12.4 Å². The van der Waals surface area contributed by atoms with Crippen LogP contribution in [0.2, 0.25) is 0 Å². The third kappa shape index (κ3) is 1.88. The van der Waals surface area contributed by atoms with Crippen LogP contribution in [-0.4, -0.2) is 23.1 Å². The van der Waals surface area contributed by atoms with E-state index in [1.54, 1.807) is 6.20 Å². The lowest BCUT2D eigenvalue weighted by Gasteiger charge is -2.08. The van der Waals surface area contributed by atoms with Gasteiger partial charge in [-0.1, -0.05) is 30.3 Å². The largest absolute Gasteiger partial charge is 0.309 e. The quantitative estimate of drug-likeness (QED) is 0.823. The second-order valence-corrected chi connectivity index (χ2v) is 3.98. The Kier molecular flexibility index (Phi) is 2.61.